The maximum Gasteiger partial charge on any atom is 0.167 e. The highest BCUT2D eigenvalue weighted by Gasteiger charge is 2.43. The van der Waals surface area contributed by atoms with Crippen LogP contribution in [0.25, 0.3) is 44.3 Å². The number of morpholine rings is 2. The monoisotopic (exact) mass is 1150 g/mol. The molecular weight excluding hydrogens is 1090 g/mol. The molecule has 0 unspecified atom stereocenters. The summed E-state index contributed by atoms with van der Waals surface area (Å²) < 4.78 is 52.2. The summed E-state index contributed by atoms with van der Waals surface area (Å²) in [6.45, 7) is 9.43. The van der Waals surface area contributed by atoms with Gasteiger partial charge in [0.15, 0.2) is 23.1 Å². The number of halogens is 2. The van der Waals surface area contributed by atoms with Crippen LogP contribution in [0.15, 0.2) is 243 Å². The third kappa shape index (κ3) is 10.6. The maximum atomic E-state index is 16.0. The van der Waals surface area contributed by atoms with Crippen LogP contribution in [0.3, 0.4) is 0 Å². The van der Waals surface area contributed by atoms with E-state index in [1.54, 1.807) is 18.3 Å². The Balaban J connectivity index is 0.000000161. The molecule has 2 saturated heterocycles. The van der Waals surface area contributed by atoms with Crippen molar-refractivity contribution in [3.05, 3.63) is 288 Å². The van der Waals surface area contributed by atoms with Crippen LogP contribution in [0.5, 0.6) is 11.5 Å². The Morgan fingerprint density at radius 3 is 1.11 bits per heavy atom. The van der Waals surface area contributed by atoms with Crippen molar-refractivity contribution in [2.45, 2.75) is 31.0 Å². The summed E-state index contributed by atoms with van der Waals surface area (Å²) in [5, 5.41) is 22.7. The number of phenolic OH excluding ortho intramolecular Hbond substituents is 1. The number of nitrogens with zero attached hydrogens (tertiary/aromatic N) is 8. The predicted octanol–water partition coefficient (Wildman–Crippen LogP) is 14.3. The third-order valence-electron chi connectivity index (χ3n) is 16.3. The topological polar surface area (TPSA) is 116 Å². The Bertz CT molecular complexity index is 4100. The first-order valence-electron chi connectivity index (χ1n) is 29.4. The largest absolute Gasteiger partial charge is 0.505 e. The molecule has 0 bridgehead atoms. The summed E-state index contributed by atoms with van der Waals surface area (Å²) >= 11 is 0. The first-order chi connectivity index (χ1) is 42.7. The van der Waals surface area contributed by atoms with E-state index >= 15 is 8.78 Å². The smallest absolute Gasteiger partial charge is 0.167 e. The highest BCUT2D eigenvalue weighted by molar-refractivity contribution is 5.97. The molecule has 12 aromatic rings. The zero-order valence-electron chi connectivity index (χ0n) is 48.3. The number of rotatable bonds is 14. The second-order valence-corrected chi connectivity index (χ2v) is 21.9. The van der Waals surface area contributed by atoms with Gasteiger partial charge in [0.1, 0.15) is 34.1 Å². The van der Waals surface area contributed by atoms with E-state index in [2.05, 4.69) is 98.6 Å². The molecule has 2 aliphatic rings. The number of anilines is 2. The molecule has 2 fully saturated rings. The van der Waals surface area contributed by atoms with Crippen LogP contribution in [0.4, 0.5) is 20.4 Å². The Morgan fingerprint density at radius 1 is 0.437 bits per heavy atom. The van der Waals surface area contributed by atoms with Crippen LogP contribution in [0.2, 0.25) is 0 Å². The molecule has 87 heavy (non-hydrogen) atoms. The third-order valence-corrected chi connectivity index (χ3v) is 16.3. The number of aromatic nitrogens is 6. The lowest BCUT2D eigenvalue weighted by Gasteiger charge is -2.37. The average Bonchev–Trinajstić information content (AvgIpc) is 1.95. The summed E-state index contributed by atoms with van der Waals surface area (Å²) in [5.74, 6) is 0.323. The quantitative estimate of drug-likeness (QED) is 0.106. The zero-order chi connectivity index (χ0) is 59.3. The highest BCUT2D eigenvalue weighted by atomic mass is 19.1. The molecule has 0 amide bonds. The van der Waals surface area contributed by atoms with Crippen LogP contribution in [0.1, 0.15) is 47.2 Å². The van der Waals surface area contributed by atoms with E-state index < -0.39 is 28.5 Å². The molecule has 1 N–H and O–H groups in total. The number of pyridine rings is 2. The molecule has 0 spiro atoms. The van der Waals surface area contributed by atoms with Crippen LogP contribution in [0, 0.1) is 11.6 Å². The van der Waals surface area contributed by atoms with Gasteiger partial charge in [-0.1, -0.05) is 182 Å². The van der Waals surface area contributed by atoms with Crippen molar-refractivity contribution in [1.29, 1.82) is 0 Å². The summed E-state index contributed by atoms with van der Waals surface area (Å²) in [5.41, 5.74) is 8.32. The first kappa shape index (κ1) is 56.1. The summed E-state index contributed by atoms with van der Waals surface area (Å²) in [7, 11) is 0. The maximum absolute atomic E-state index is 16.0. The van der Waals surface area contributed by atoms with Gasteiger partial charge >= 0.3 is 0 Å². The van der Waals surface area contributed by atoms with Gasteiger partial charge < -0.3 is 29.1 Å². The van der Waals surface area contributed by atoms with E-state index in [4.69, 9.17) is 24.4 Å². The van der Waals surface area contributed by atoms with Crippen molar-refractivity contribution in [2.75, 3.05) is 62.4 Å². The molecule has 2 aliphatic heterocycles. The lowest BCUT2D eigenvalue weighted by molar-refractivity contribution is 0.122. The van der Waals surface area contributed by atoms with Crippen molar-refractivity contribution in [2.24, 2.45) is 0 Å². The molecule has 0 radical (unpaired) electrons. The number of hydrogen-bond acceptors (Lipinski definition) is 10. The Kier molecular flexibility index (Phi) is 15.8. The normalized spacial score (nSPS) is 13.9. The van der Waals surface area contributed by atoms with Gasteiger partial charge in [0, 0.05) is 72.6 Å². The fraction of sp³-hybridized carbons (Fsp3) is 0.178. The van der Waals surface area contributed by atoms with Gasteiger partial charge in [-0.05, 0) is 83.6 Å². The number of ether oxygens (including phenoxy) is 3. The average molecular weight is 1160 g/mol. The minimum absolute atomic E-state index is 0.193. The molecule has 14 heteroatoms. The Labute approximate surface area is 504 Å². The van der Waals surface area contributed by atoms with Gasteiger partial charge in [0.2, 0.25) is 0 Å². The van der Waals surface area contributed by atoms with Crippen molar-refractivity contribution >= 4 is 33.4 Å². The van der Waals surface area contributed by atoms with E-state index in [0.29, 0.717) is 48.5 Å². The summed E-state index contributed by atoms with van der Waals surface area (Å²) in [4.78, 5) is 13.7. The van der Waals surface area contributed by atoms with Gasteiger partial charge in [-0.15, -0.1) is 0 Å². The molecule has 14 rings (SSSR count). The SMILES string of the molecule is CC(C)Oc1cc2c(-c3ccnc(N4CCOCC4)c3)nn(C(c3ccccc3)(c3ccccc3)c3ccccc3)c2cc1F.Oc1cc2c(-c3ccnc(N4CCOCC4)c3)nn(C(c3ccccc3)(c3ccccc3)c3ccccc3)c2cc1F. The summed E-state index contributed by atoms with van der Waals surface area (Å²) in [6.07, 6.45) is 3.40. The standard InChI is InChI=1S/C38H35FN4O2.C35H29FN4O2/c1-27(2)45-35-25-32-34(26-33(35)39)43(41-37(32)28-18-19-40-36(24-28)42-20-22-44-23-21-42)38(29-12-6-3-7-13-29,30-14-8-4-9-15-30)31-16-10-5-11-17-31;36-30-24-31-29(23-32(30)41)34(25-16-17-37-33(22-25)39-18-20-42-21-19-39)38-40(31)35(26-10-4-1-5-11-26,27-12-6-2-7-13-27)28-14-8-3-9-15-28/h3-19,24-27H,20-23H2,1-2H3;1-17,22-24,41H,18-21H2. The van der Waals surface area contributed by atoms with Crippen LogP contribution < -0.4 is 14.5 Å². The molecule has 0 atom stereocenters. The fourth-order valence-electron chi connectivity index (χ4n) is 12.4. The number of hydrogen-bond donors (Lipinski definition) is 1. The Morgan fingerprint density at radius 2 is 0.770 bits per heavy atom. The zero-order valence-corrected chi connectivity index (χ0v) is 48.3. The van der Waals surface area contributed by atoms with E-state index in [-0.39, 0.29) is 11.9 Å². The Hall–Kier alpha value is -10.0. The minimum atomic E-state index is -0.955. The highest BCUT2D eigenvalue weighted by Crippen LogP contribution is 2.47. The molecule has 0 saturated carbocycles. The van der Waals surface area contributed by atoms with Gasteiger partial charge in [-0.3, -0.25) is 0 Å². The van der Waals surface area contributed by atoms with Gasteiger partial charge in [-0.2, -0.15) is 10.2 Å². The second kappa shape index (κ2) is 24.5. The van der Waals surface area contributed by atoms with Crippen molar-refractivity contribution < 1.29 is 28.1 Å². The van der Waals surface area contributed by atoms with Crippen LogP contribution in [-0.4, -0.2) is 93.3 Å². The van der Waals surface area contributed by atoms with Gasteiger partial charge in [0.25, 0.3) is 0 Å². The first-order valence-corrected chi connectivity index (χ1v) is 29.4. The summed E-state index contributed by atoms with van der Waals surface area (Å²) in [6, 6.07) is 75.6. The molecule has 0 aliphatic carbocycles. The minimum Gasteiger partial charge on any atom is -0.505 e. The number of aromatic hydroxyl groups is 1. The van der Waals surface area contributed by atoms with Gasteiger partial charge in [-0.25, -0.2) is 28.1 Å². The van der Waals surface area contributed by atoms with E-state index in [9.17, 15) is 5.11 Å². The number of fused-ring (bicyclic) bond motifs is 2. The fourth-order valence-corrected chi connectivity index (χ4v) is 12.4. The molecule has 4 aromatic heterocycles. The van der Waals surface area contributed by atoms with Crippen molar-refractivity contribution in [1.82, 2.24) is 29.5 Å². The number of phenols is 1. The van der Waals surface area contributed by atoms with E-state index in [0.717, 1.165) is 93.4 Å². The van der Waals surface area contributed by atoms with Crippen molar-refractivity contribution in [3.8, 4) is 34.0 Å². The number of benzene rings is 8. The van der Waals surface area contributed by atoms with E-state index in [1.165, 1.54) is 12.1 Å². The predicted molar refractivity (Wildman–Crippen MR) is 339 cm³/mol. The molecule has 6 heterocycles. The molecular formula is C73H64F2N8O4. The lowest BCUT2D eigenvalue weighted by atomic mass is 9.77. The molecule has 8 aromatic carbocycles. The molecule has 434 valence electrons. The second-order valence-electron chi connectivity index (χ2n) is 21.9. The van der Waals surface area contributed by atoms with Crippen LogP contribution in [-0.2, 0) is 20.6 Å². The lowest BCUT2D eigenvalue weighted by Crippen LogP contribution is -2.38. The van der Waals surface area contributed by atoms with Crippen molar-refractivity contribution in [3.63, 3.8) is 0 Å². The van der Waals surface area contributed by atoms with Gasteiger partial charge in [0.05, 0.1) is 43.6 Å². The van der Waals surface area contributed by atoms with Crippen LogP contribution >= 0.6 is 0 Å². The van der Waals surface area contributed by atoms with E-state index in [1.807, 2.05) is 157 Å². The molecule has 12 nitrogen and oxygen atoms in total.